The summed E-state index contributed by atoms with van der Waals surface area (Å²) in [6, 6.07) is 7.56. The highest BCUT2D eigenvalue weighted by Gasteiger charge is 2.08. The van der Waals surface area contributed by atoms with Gasteiger partial charge in [-0.15, -0.1) is 11.6 Å². The van der Waals surface area contributed by atoms with Crippen LogP contribution in [0, 0.1) is 0 Å². The number of benzene rings is 1. The summed E-state index contributed by atoms with van der Waals surface area (Å²) >= 11 is 6.85. The van der Waals surface area contributed by atoms with Crippen molar-refractivity contribution in [2.24, 2.45) is 0 Å². The molecule has 1 atom stereocenters. The first-order chi connectivity index (χ1) is 7.29. The van der Waals surface area contributed by atoms with Gasteiger partial charge in [0.25, 0.3) is 5.22 Å². The van der Waals surface area contributed by atoms with E-state index in [0.29, 0.717) is 11.0 Å². The number of fused-ring (bicyclic) bond motifs is 1. The van der Waals surface area contributed by atoms with Gasteiger partial charge in [0.05, 0.1) is 6.10 Å². The molecule has 1 aromatic carbocycles. The number of aliphatic hydroxyl groups excluding tert-OH is 1. The Morgan fingerprint density at radius 2 is 2.27 bits per heavy atom. The third kappa shape index (κ3) is 2.65. The molecule has 0 aliphatic carbocycles. The minimum Gasteiger partial charge on any atom is -0.431 e. The third-order valence-corrected chi connectivity index (χ3v) is 3.18. The van der Waals surface area contributed by atoms with Crippen LogP contribution in [-0.2, 0) is 0 Å². The molecule has 0 aliphatic heterocycles. The monoisotopic (exact) mass is 243 g/mol. The summed E-state index contributed by atoms with van der Waals surface area (Å²) in [5.74, 6) is 0.726. The molecule has 0 amide bonds. The van der Waals surface area contributed by atoms with Crippen molar-refractivity contribution >= 4 is 34.5 Å². The van der Waals surface area contributed by atoms with Crippen LogP contribution in [-0.4, -0.2) is 27.8 Å². The number of halogens is 1. The number of para-hydroxylation sites is 2. The van der Waals surface area contributed by atoms with Gasteiger partial charge in [-0.25, -0.2) is 4.98 Å². The SMILES string of the molecule is OC(CCl)CSc1nc2ccccc2o1. The number of aromatic nitrogens is 1. The van der Waals surface area contributed by atoms with Gasteiger partial charge in [-0.05, 0) is 12.1 Å². The molecule has 0 radical (unpaired) electrons. The van der Waals surface area contributed by atoms with Crippen molar-refractivity contribution < 1.29 is 9.52 Å². The lowest BCUT2D eigenvalue weighted by molar-refractivity contribution is 0.223. The van der Waals surface area contributed by atoms with Crippen molar-refractivity contribution in [1.29, 1.82) is 0 Å². The van der Waals surface area contributed by atoms with Gasteiger partial charge in [-0.3, -0.25) is 0 Å². The number of alkyl halides is 1. The van der Waals surface area contributed by atoms with Crippen LogP contribution in [0.1, 0.15) is 0 Å². The maximum atomic E-state index is 9.27. The van der Waals surface area contributed by atoms with E-state index in [-0.39, 0.29) is 5.88 Å². The van der Waals surface area contributed by atoms with Crippen LogP contribution in [0.5, 0.6) is 0 Å². The van der Waals surface area contributed by atoms with E-state index in [0.717, 1.165) is 11.1 Å². The molecule has 1 N–H and O–H groups in total. The predicted molar refractivity (Wildman–Crippen MR) is 61.5 cm³/mol. The second kappa shape index (κ2) is 4.88. The van der Waals surface area contributed by atoms with E-state index in [2.05, 4.69) is 4.98 Å². The summed E-state index contributed by atoms with van der Waals surface area (Å²) in [6.07, 6.45) is -0.522. The molecule has 0 aliphatic rings. The maximum Gasteiger partial charge on any atom is 0.256 e. The Balaban J connectivity index is 2.09. The van der Waals surface area contributed by atoms with E-state index < -0.39 is 6.10 Å². The smallest absolute Gasteiger partial charge is 0.256 e. The first kappa shape index (κ1) is 10.8. The van der Waals surface area contributed by atoms with Crippen LogP contribution in [0.25, 0.3) is 11.1 Å². The van der Waals surface area contributed by atoms with E-state index in [1.165, 1.54) is 11.8 Å². The number of oxazole rings is 1. The second-order valence-electron chi connectivity index (χ2n) is 3.07. The normalized spacial score (nSPS) is 13.2. The lowest BCUT2D eigenvalue weighted by Gasteiger charge is -2.01. The molecule has 0 spiro atoms. The molecule has 0 saturated carbocycles. The topological polar surface area (TPSA) is 46.3 Å². The Bertz CT molecular complexity index is 413. The number of aliphatic hydroxyl groups is 1. The summed E-state index contributed by atoms with van der Waals surface area (Å²) in [5, 5.41) is 9.84. The number of hydrogen-bond donors (Lipinski definition) is 1. The Labute approximate surface area is 96.4 Å². The van der Waals surface area contributed by atoms with E-state index >= 15 is 0 Å². The highest BCUT2D eigenvalue weighted by molar-refractivity contribution is 7.99. The van der Waals surface area contributed by atoms with Crippen molar-refractivity contribution in [2.45, 2.75) is 11.3 Å². The summed E-state index contributed by atoms with van der Waals surface area (Å²) in [4.78, 5) is 4.26. The average Bonchev–Trinajstić information content (AvgIpc) is 2.68. The average molecular weight is 244 g/mol. The molecule has 0 saturated heterocycles. The lowest BCUT2D eigenvalue weighted by atomic mass is 10.3. The Kier molecular flexibility index (Phi) is 3.51. The van der Waals surface area contributed by atoms with E-state index in [9.17, 15) is 5.11 Å². The summed E-state index contributed by atoms with van der Waals surface area (Å²) in [5.41, 5.74) is 1.60. The molecular formula is C10H10ClNO2S. The van der Waals surface area contributed by atoms with Crippen LogP contribution < -0.4 is 0 Å². The summed E-state index contributed by atoms with van der Waals surface area (Å²) in [6.45, 7) is 0. The van der Waals surface area contributed by atoms with Gasteiger partial charge in [0.1, 0.15) is 5.52 Å². The van der Waals surface area contributed by atoms with Crippen LogP contribution in [0.4, 0.5) is 0 Å². The molecule has 2 aromatic rings. The number of rotatable bonds is 4. The molecule has 5 heteroatoms. The van der Waals surface area contributed by atoms with Crippen LogP contribution in [0.15, 0.2) is 33.9 Å². The minimum absolute atomic E-state index is 0.229. The fourth-order valence-corrected chi connectivity index (χ4v) is 2.13. The van der Waals surface area contributed by atoms with E-state index in [4.69, 9.17) is 16.0 Å². The molecule has 3 nitrogen and oxygen atoms in total. The van der Waals surface area contributed by atoms with Crippen LogP contribution in [0.3, 0.4) is 0 Å². The van der Waals surface area contributed by atoms with Gasteiger partial charge in [0, 0.05) is 11.6 Å². The molecule has 1 heterocycles. The van der Waals surface area contributed by atoms with Crippen molar-refractivity contribution in [3.05, 3.63) is 24.3 Å². The zero-order valence-electron chi connectivity index (χ0n) is 7.89. The molecule has 2 rings (SSSR count). The number of hydrogen-bond acceptors (Lipinski definition) is 4. The Morgan fingerprint density at radius 3 is 3.00 bits per heavy atom. The standard InChI is InChI=1S/C10H10ClNO2S/c11-5-7(13)6-15-10-12-8-3-1-2-4-9(8)14-10/h1-4,7,13H,5-6H2. The molecule has 1 aromatic heterocycles. The molecule has 1 unspecified atom stereocenters. The van der Waals surface area contributed by atoms with Gasteiger partial charge in [0.2, 0.25) is 0 Å². The first-order valence-corrected chi connectivity index (χ1v) is 6.04. The van der Waals surface area contributed by atoms with E-state index in [1.807, 2.05) is 24.3 Å². The molecule has 15 heavy (non-hydrogen) atoms. The fraction of sp³-hybridized carbons (Fsp3) is 0.300. The highest BCUT2D eigenvalue weighted by Crippen LogP contribution is 2.23. The van der Waals surface area contributed by atoms with Crippen molar-refractivity contribution in [3.63, 3.8) is 0 Å². The second-order valence-corrected chi connectivity index (χ2v) is 4.35. The van der Waals surface area contributed by atoms with Crippen LogP contribution in [0.2, 0.25) is 0 Å². The Morgan fingerprint density at radius 1 is 1.47 bits per heavy atom. The largest absolute Gasteiger partial charge is 0.431 e. The van der Waals surface area contributed by atoms with Crippen LogP contribution >= 0.6 is 23.4 Å². The predicted octanol–water partition coefficient (Wildman–Crippen LogP) is 2.52. The molecular weight excluding hydrogens is 234 g/mol. The number of nitrogens with zero attached hydrogens (tertiary/aromatic N) is 1. The lowest BCUT2D eigenvalue weighted by Crippen LogP contribution is -2.10. The zero-order chi connectivity index (χ0) is 10.7. The zero-order valence-corrected chi connectivity index (χ0v) is 9.46. The number of thioether (sulfide) groups is 1. The maximum absolute atomic E-state index is 9.27. The third-order valence-electron chi connectivity index (χ3n) is 1.85. The first-order valence-electron chi connectivity index (χ1n) is 4.52. The summed E-state index contributed by atoms with van der Waals surface area (Å²) < 4.78 is 5.46. The van der Waals surface area contributed by atoms with Gasteiger partial charge in [-0.2, -0.15) is 0 Å². The van der Waals surface area contributed by atoms with Gasteiger partial charge < -0.3 is 9.52 Å². The minimum atomic E-state index is -0.522. The summed E-state index contributed by atoms with van der Waals surface area (Å²) in [7, 11) is 0. The fourth-order valence-electron chi connectivity index (χ4n) is 1.12. The molecule has 0 fully saturated rings. The van der Waals surface area contributed by atoms with Crippen molar-refractivity contribution in [1.82, 2.24) is 4.98 Å². The van der Waals surface area contributed by atoms with Crippen molar-refractivity contribution in [3.8, 4) is 0 Å². The Hall–Kier alpha value is -0.710. The molecule has 80 valence electrons. The highest BCUT2D eigenvalue weighted by atomic mass is 35.5. The van der Waals surface area contributed by atoms with Gasteiger partial charge >= 0.3 is 0 Å². The van der Waals surface area contributed by atoms with E-state index in [1.54, 1.807) is 0 Å². The quantitative estimate of drug-likeness (QED) is 0.662. The van der Waals surface area contributed by atoms with Gasteiger partial charge in [0.15, 0.2) is 5.58 Å². The van der Waals surface area contributed by atoms with Crippen molar-refractivity contribution in [2.75, 3.05) is 11.6 Å². The van der Waals surface area contributed by atoms with Gasteiger partial charge in [-0.1, -0.05) is 23.9 Å². The molecule has 0 bridgehead atoms.